The van der Waals surface area contributed by atoms with Crippen LogP contribution in [0.3, 0.4) is 0 Å². The number of hydrogen-bond acceptors (Lipinski definition) is 2. The lowest BCUT2D eigenvalue weighted by atomic mass is 9.98. The van der Waals surface area contributed by atoms with Gasteiger partial charge in [0, 0.05) is 11.6 Å². The van der Waals surface area contributed by atoms with Crippen molar-refractivity contribution in [2.24, 2.45) is 5.92 Å². The Labute approximate surface area is 121 Å². The Kier molecular flexibility index (Phi) is 3.93. The lowest BCUT2D eigenvalue weighted by Gasteiger charge is -2.08. The Morgan fingerprint density at radius 2 is 2.10 bits per heavy atom. The van der Waals surface area contributed by atoms with Gasteiger partial charge in [-0.2, -0.15) is 0 Å². The van der Waals surface area contributed by atoms with Gasteiger partial charge < -0.3 is 9.73 Å². The zero-order chi connectivity index (χ0) is 13.9. The second-order valence-electron chi connectivity index (χ2n) is 6.21. The van der Waals surface area contributed by atoms with Crippen LogP contribution >= 0.6 is 0 Å². The summed E-state index contributed by atoms with van der Waals surface area (Å²) in [6.45, 7) is 5.35. The summed E-state index contributed by atoms with van der Waals surface area (Å²) in [5.41, 5.74) is 3.90. The smallest absolute Gasteiger partial charge is 0.125 e. The van der Waals surface area contributed by atoms with E-state index in [1.54, 1.807) is 6.26 Å². The van der Waals surface area contributed by atoms with Gasteiger partial charge in [0.1, 0.15) is 5.76 Å². The first-order valence-corrected chi connectivity index (χ1v) is 7.61. The molecule has 1 fully saturated rings. The first-order valence-electron chi connectivity index (χ1n) is 7.61. The fraction of sp³-hybridized carbons (Fsp3) is 0.444. The van der Waals surface area contributed by atoms with E-state index in [4.69, 9.17) is 4.42 Å². The van der Waals surface area contributed by atoms with Crippen molar-refractivity contribution in [3.8, 4) is 11.1 Å². The summed E-state index contributed by atoms with van der Waals surface area (Å²) in [6.07, 6.45) is 5.54. The highest BCUT2D eigenvalue weighted by atomic mass is 16.3. The van der Waals surface area contributed by atoms with Gasteiger partial charge in [-0.3, -0.25) is 0 Å². The first kappa shape index (κ1) is 13.4. The SMILES string of the molecule is CC(C)Cc1cccc(-c2ccoc2CNC2CC2)c1. The predicted molar refractivity (Wildman–Crippen MR) is 82.5 cm³/mol. The average molecular weight is 269 g/mol. The summed E-state index contributed by atoms with van der Waals surface area (Å²) >= 11 is 0. The molecule has 0 unspecified atom stereocenters. The van der Waals surface area contributed by atoms with E-state index in [1.807, 2.05) is 0 Å². The summed E-state index contributed by atoms with van der Waals surface area (Å²) < 4.78 is 5.66. The van der Waals surface area contributed by atoms with E-state index in [9.17, 15) is 0 Å². The highest BCUT2D eigenvalue weighted by Crippen LogP contribution is 2.27. The van der Waals surface area contributed by atoms with Gasteiger partial charge in [-0.15, -0.1) is 0 Å². The van der Waals surface area contributed by atoms with Crippen LogP contribution in [0.4, 0.5) is 0 Å². The van der Waals surface area contributed by atoms with Crippen LogP contribution in [0.2, 0.25) is 0 Å². The van der Waals surface area contributed by atoms with Gasteiger partial charge in [0.15, 0.2) is 0 Å². The second-order valence-corrected chi connectivity index (χ2v) is 6.21. The molecule has 1 aromatic carbocycles. The summed E-state index contributed by atoms with van der Waals surface area (Å²) in [6, 6.07) is 11.6. The third kappa shape index (κ3) is 3.31. The molecule has 20 heavy (non-hydrogen) atoms. The summed E-state index contributed by atoms with van der Waals surface area (Å²) in [4.78, 5) is 0. The molecule has 2 aromatic rings. The minimum atomic E-state index is 0.686. The van der Waals surface area contributed by atoms with Crippen LogP contribution in [0.15, 0.2) is 41.0 Å². The molecule has 1 aliphatic rings. The van der Waals surface area contributed by atoms with E-state index < -0.39 is 0 Å². The van der Waals surface area contributed by atoms with E-state index in [2.05, 4.69) is 49.5 Å². The van der Waals surface area contributed by atoms with Gasteiger partial charge in [0.2, 0.25) is 0 Å². The number of benzene rings is 1. The average Bonchev–Trinajstić information content (AvgIpc) is 3.13. The highest BCUT2D eigenvalue weighted by Gasteiger charge is 2.21. The molecule has 1 heterocycles. The molecule has 3 rings (SSSR count). The fourth-order valence-electron chi connectivity index (χ4n) is 2.60. The highest BCUT2D eigenvalue weighted by molar-refractivity contribution is 5.66. The molecule has 0 aliphatic heterocycles. The predicted octanol–water partition coefficient (Wildman–Crippen LogP) is 4.40. The van der Waals surface area contributed by atoms with Gasteiger partial charge in [-0.25, -0.2) is 0 Å². The molecule has 1 aliphatic carbocycles. The minimum absolute atomic E-state index is 0.686. The molecule has 0 bridgehead atoms. The van der Waals surface area contributed by atoms with E-state index in [-0.39, 0.29) is 0 Å². The number of rotatable bonds is 6. The van der Waals surface area contributed by atoms with Gasteiger partial charge in [0.05, 0.1) is 12.8 Å². The molecular formula is C18H23NO. The molecular weight excluding hydrogens is 246 g/mol. The maximum absolute atomic E-state index is 5.66. The van der Waals surface area contributed by atoms with Crippen molar-refractivity contribution in [1.82, 2.24) is 5.32 Å². The third-order valence-electron chi connectivity index (χ3n) is 3.76. The largest absolute Gasteiger partial charge is 0.467 e. The van der Waals surface area contributed by atoms with Crippen LogP contribution < -0.4 is 5.32 Å². The molecule has 2 heteroatoms. The normalized spacial score (nSPS) is 14.9. The molecule has 106 valence electrons. The molecule has 1 N–H and O–H groups in total. The van der Waals surface area contributed by atoms with Crippen molar-refractivity contribution in [1.29, 1.82) is 0 Å². The zero-order valence-electron chi connectivity index (χ0n) is 12.4. The second kappa shape index (κ2) is 5.84. The minimum Gasteiger partial charge on any atom is -0.467 e. The first-order chi connectivity index (χ1) is 9.72. The van der Waals surface area contributed by atoms with Crippen molar-refractivity contribution in [2.45, 2.75) is 45.7 Å². The van der Waals surface area contributed by atoms with Crippen molar-refractivity contribution in [3.63, 3.8) is 0 Å². The maximum Gasteiger partial charge on any atom is 0.125 e. The Balaban J connectivity index is 1.79. The Hall–Kier alpha value is -1.54. The van der Waals surface area contributed by atoms with Crippen molar-refractivity contribution < 1.29 is 4.42 Å². The lowest BCUT2D eigenvalue weighted by molar-refractivity contribution is 0.483. The molecule has 1 saturated carbocycles. The Bertz CT molecular complexity index is 566. The standard InChI is InChI=1S/C18H23NO/c1-13(2)10-14-4-3-5-15(11-14)17-8-9-20-18(17)12-19-16-6-7-16/h3-5,8-9,11,13,16,19H,6-7,10,12H2,1-2H3. The van der Waals surface area contributed by atoms with Crippen LogP contribution in [0.25, 0.3) is 11.1 Å². The number of hydrogen-bond donors (Lipinski definition) is 1. The summed E-state index contributed by atoms with van der Waals surface area (Å²) in [5.74, 6) is 1.74. The monoisotopic (exact) mass is 269 g/mol. The van der Waals surface area contributed by atoms with Crippen LogP contribution in [0.5, 0.6) is 0 Å². The van der Waals surface area contributed by atoms with Crippen LogP contribution in [0, 0.1) is 5.92 Å². The molecule has 0 atom stereocenters. The Morgan fingerprint density at radius 3 is 2.85 bits per heavy atom. The van der Waals surface area contributed by atoms with Crippen LogP contribution in [0.1, 0.15) is 38.0 Å². The maximum atomic E-state index is 5.66. The molecule has 2 nitrogen and oxygen atoms in total. The van der Waals surface area contributed by atoms with E-state index in [0.717, 1.165) is 18.7 Å². The fourth-order valence-corrected chi connectivity index (χ4v) is 2.60. The van der Waals surface area contributed by atoms with Gasteiger partial charge in [-0.05, 0) is 42.4 Å². The topological polar surface area (TPSA) is 25.2 Å². The third-order valence-corrected chi connectivity index (χ3v) is 3.76. The molecule has 0 spiro atoms. The van der Waals surface area contributed by atoms with E-state index in [0.29, 0.717) is 12.0 Å². The van der Waals surface area contributed by atoms with Gasteiger partial charge in [-0.1, -0.05) is 38.1 Å². The van der Waals surface area contributed by atoms with Crippen LogP contribution in [-0.4, -0.2) is 6.04 Å². The molecule has 0 amide bonds. The quantitative estimate of drug-likeness (QED) is 0.841. The summed E-state index contributed by atoms with van der Waals surface area (Å²) in [5, 5.41) is 3.52. The number of furan rings is 1. The molecule has 0 radical (unpaired) electrons. The molecule has 1 aromatic heterocycles. The van der Waals surface area contributed by atoms with E-state index in [1.165, 1.54) is 29.5 Å². The van der Waals surface area contributed by atoms with Crippen molar-refractivity contribution >= 4 is 0 Å². The summed E-state index contributed by atoms with van der Waals surface area (Å²) in [7, 11) is 0. The van der Waals surface area contributed by atoms with Gasteiger partial charge in [0.25, 0.3) is 0 Å². The zero-order valence-corrected chi connectivity index (χ0v) is 12.4. The van der Waals surface area contributed by atoms with Gasteiger partial charge >= 0.3 is 0 Å². The number of nitrogens with one attached hydrogen (secondary N) is 1. The van der Waals surface area contributed by atoms with E-state index >= 15 is 0 Å². The Morgan fingerprint density at radius 1 is 1.25 bits per heavy atom. The van der Waals surface area contributed by atoms with Crippen LogP contribution in [-0.2, 0) is 13.0 Å². The van der Waals surface area contributed by atoms with Crippen molar-refractivity contribution in [3.05, 3.63) is 47.9 Å². The lowest BCUT2D eigenvalue weighted by Crippen LogP contribution is -2.15. The van der Waals surface area contributed by atoms with Crippen molar-refractivity contribution in [2.75, 3.05) is 0 Å². The molecule has 0 saturated heterocycles.